The van der Waals surface area contributed by atoms with Crippen LogP contribution < -0.4 is 0 Å². The summed E-state index contributed by atoms with van der Waals surface area (Å²) in [7, 11) is 1.58. The van der Waals surface area contributed by atoms with E-state index in [2.05, 4.69) is 0 Å². The Morgan fingerprint density at radius 1 is 1.20 bits per heavy atom. The number of ether oxygens (including phenoxy) is 1. The average molecular weight is 211 g/mol. The highest BCUT2D eigenvalue weighted by Crippen LogP contribution is 2.37. The summed E-state index contributed by atoms with van der Waals surface area (Å²) in [4.78, 5) is 25.2. The number of hydrogen-bond donors (Lipinski definition) is 0. The first-order valence-corrected chi connectivity index (χ1v) is 5.60. The van der Waals surface area contributed by atoms with E-state index in [9.17, 15) is 9.59 Å². The van der Waals surface area contributed by atoms with Gasteiger partial charge in [-0.15, -0.1) is 0 Å². The fraction of sp³-hybridized carbons (Fsp3) is 0.818. The minimum Gasteiger partial charge on any atom is -0.383 e. The van der Waals surface area contributed by atoms with Crippen molar-refractivity contribution in [3.05, 3.63) is 0 Å². The molecule has 0 N–H and O–H groups in total. The summed E-state index contributed by atoms with van der Waals surface area (Å²) in [6, 6.07) is 0. The van der Waals surface area contributed by atoms with E-state index in [-0.39, 0.29) is 23.7 Å². The molecule has 0 radical (unpaired) electrons. The van der Waals surface area contributed by atoms with Crippen molar-refractivity contribution in [3.8, 4) is 0 Å². The second-order valence-electron chi connectivity index (χ2n) is 4.32. The van der Waals surface area contributed by atoms with Gasteiger partial charge in [0.1, 0.15) is 0 Å². The number of amides is 2. The van der Waals surface area contributed by atoms with Crippen LogP contribution in [0, 0.1) is 11.8 Å². The number of likely N-dealkylation sites (tertiary alicyclic amines) is 1. The molecular weight excluding hydrogens is 194 g/mol. The first-order chi connectivity index (χ1) is 7.25. The van der Waals surface area contributed by atoms with E-state index in [1.807, 2.05) is 0 Å². The summed E-state index contributed by atoms with van der Waals surface area (Å²) in [6.07, 6.45) is 3.94. The molecule has 2 atom stereocenters. The first kappa shape index (κ1) is 10.6. The molecule has 0 bridgehead atoms. The molecule has 0 spiro atoms. The second-order valence-corrected chi connectivity index (χ2v) is 4.32. The molecule has 4 heteroatoms. The largest absolute Gasteiger partial charge is 0.383 e. The molecule has 15 heavy (non-hydrogen) atoms. The van der Waals surface area contributed by atoms with Gasteiger partial charge in [0.2, 0.25) is 11.8 Å². The number of rotatable bonds is 3. The fourth-order valence-corrected chi connectivity index (χ4v) is 2.63. The van der Waals surface area contributed by atoms with Crippen LogP contribution in [0.1, 0.15) is 25.7 Å². The van der Waals surface area contributed by atoms with E-state index >= 15 is 0 Å². The van der Waals surface area contributed by atoms with Crippen molar-refractivity contribution < 1.29 is 14.3 Å². The monoisotopic (exact) mass is 211 g/mol. The maximum Gasteiger partial charge on any atom is 0.233 e. The van der Waals surface area contributed by atoms with Gasteiger partial charge >= 0.3 is 0 Å². The lowest BCUT2D eigenvalue weighted by Gasteiger charge is -2.19. The quantitative estimate of drug-likeness (QED) is 0.649. The van der Waals surface area contributed by atoms with Crippen LogP contribution in [0.5, 0.6) is 0 Å². The van der Waals surface area contributed by atoms with Gasteiger partial charge in [-0.2, -0.15) is 0 Å². The summed E-state index contributed by atoms with van der Waals surface area (Å²) < 4.78 is 4.91. The van der Waals surface area contributed by atoms with Crippen LogP contribution in [0.25, 0.3) is 0 Å². The van der Waals surface area contributed by atoms with Gasteiger partial charge in [-0.1, -0.05) is 12.8 Å². The van der Waals surface area contributed by atoms with Gasteiger partial charge in [-0.3, -0.25) is 14.5 Å². The Hall–Kier alpha value is -0.900. The molecule has 2 aliphatic rings. The van der Waals surface area contributed by atoms with Gasteiger partial charge in [-0.25, -0.2) is 0 Å². The van der Waals surface area contributed by atoms with E-state index in [4.69, 9.17) is 4.74 Å². The molecule has 2 amide bonds. The number of imide groups is 1. The standard InChI is InChI=1S/C11H17NO3/c1-15-7-6-12-10(13)8-4-2-3-5-9(8)11(12)14/h8-9H,2-7H2,1H3. The fourth-order valence-electron chi connectivity index (χ4n) is 2.63. The second kappa shape index (κ2) is 4.31. The Morgan fingerprint density at radius 2 is 1.73 bits per heavy atom. The van der Waals surface area contributed by atoms with E-state index in [1.165, 1.54) is 4.90 Å². The van der Waals surface area contributed by atoms with Gasteiger partial charge in [0.15, 0.2) is 0 Å². The molecule has 0 aromatic heterocycles. The predicted molar refractivity (Wildman–Crippen MR) is 54.0 cm³/mol. The molecule has 84 valence electrons. The highest BCUT2D eigenvalue weighted by molar-refractivity contribution is 6.05. The van der Waals surface area contributed by atoms with Crippen LogP contribution >= 0.6 is 0 Å². The van der Waals surface area contributed by atoms with Crippen molar-refractivity contribution in [2.45, 2.75) is 25.7 Å². The molecule has 4 nitrogen and oxygen atoms in total. The lowest BCUT2D eigenvalue weighted by molar-refractivity contribution is -0.140. The predicted octanol–water partition coefficient (Wildman–Crippen LogP) is 0.808. The third-order valence-corrected chi connectivity index (χ3v) is 3.45. The van der Waals surface area contributed by atoms with Gasteiger partial charge in [0.05, 0.1) is 25.0 Å². The zero-order chi connectivity index (χ0) is 10.8. The van der Waals surface area contributed by atoms with Crippen molar-refractivity contribution in [2.75, 3.05) is 20.3 Å². The maximum absolute atomic E-state index is 11.9. The molecule has 2 rings (SSSR count). The van der Waals surface area contributed by atoms with Crippen molar-refractivity contribution in [2.24, 2.45) is 11.8 Å². The molecule has 1 aliphatic heterocycles. The van der Waals surface area contributed by atoms with Crippen LogP contribution in [0.2, 0.25) is 0 Å². The van der Waals surface area contributed by atoms with E-state index in [0.29, 0.717) is 13.2 Å². The van der Waals surface area contributed by atoms with Gasteiger partial charge in [-0.05, 0) is 12.8 Å². The van der Waals surface area contributed by atoms with Crippen LogP contribution in [0.15, 0.2) is 0 Å². The van der Waals surface area contributed by atoms with Crippen LogP contribution in [-0.2, 0) is 14.3 Å². The van der Waals surface area contributed by atoms with Gasteiger partial charge in [0, 0.05) is 7.11 Å². The molecule has 1 saturated heterocycles. The number of hydrogen-bond acceptors (Lipinski definition) is 3. The Labute approximate surface area is 89.6 Å². The molecule has 1 saturated carbocycles. The summed E-state index contributed by atoms with van der Waals surface area (Å²) in [5.41, 5.74) is 0. The van der Waals surface area contributed by atoms with Crippen molar-refractivity contribution >= 4 is 11.8 Å². The molecule has 2 unspecified atom stereocenters. The van der Waals surface area contributed by atoms with Crippen molar-refractivity contribution in [1.29, 1.82) is 0 Å². The van der Waals surface area contributed by atoms with E-state index < -0.39 is 0 Å². The highest BCUT2D eigenvalue weighted by atomic mass is 16.5. The summed E-state index contributed by atoms with van der Waals surface area (Å²) in [5.74, 6) is 0.00899. The Morgan fingerprint density at radius 3 is 2.20 bits per heavy atom. The normalized spacial score (nSPS) is 30.9. The topological polar surface area (TPSA) is 46.6 Å². The van der Waals surface area contributed by atoms with Crippen LogP contribution in [0.3, 0.4) is 0 Å². The minimum atomic E-state index is -0.0249. The van der Waals surface area contributed by atoms with Crippen molar-refractivity contribution in [3.63, 3.8) is 0 Å². The molecule has 2 fully saturated rings. The lowest BCUT2D eigenvalue weighted by atomic mass is 9.81. The summed E-state index contributed by atoms with van der Waals surface area (Å²) in [6.45, 7) is 0.859. The van der Waals surface area contributed by atoms with Gasteiger partial charge < -0.3 is 4.74 Å². The average Bonchev–Trinajstić information content (AvgIpc) is 2.51. The zero-order valence-corrected chi connectivity index (χ0v) is 9.07. The van der Waals surface area contributed by atoms with E-state index in [0.717, 1.165) is 25.7 Å². The van der Waals surface area contributed by atoms with Crippen LogP contribution in [-0.4, -0.2) is 37.0 Å². The van der Waals surface area contributed by atoms with Crippen molar-refractivity contribution in [1.82, 2.24) is 4.90 Å². The van der Waals surface area contributed by atoms with Crippen LogP contribution in [0.4, 0.5) is 0 Å². The molecular formula is C11H17NO3. The number of methoxy groups -OCH3 is 1. The van der Waals surface area contributed by atoms with E-state index in [1.54, 1.807) is 7.11 Å². The molecule has 0 aromatic carbocycles. The lowest BCUT2D eigenvalue weighted by Crippen LogP contribution is -2.33. The third-order valence-electron chi connectivity index (χ3n) is 3.45. The Balaban J connectivity index is 2.07. The summed E-state index contributed by atoms with van der Waals surface area (Å²) in [5, 5.41) is 0. The zero-order valence-electron chi connectivity index (χ0n) is 9.07. The van der Waals surface area contributed by atoms with Gasteiger partial charge in [0.25, 0.3) is 0 Å². The molecule has 1 aliphatic carbocycles. The smallest absolute Gasteiger partial charge is 0.233 e. The minimum absolute atomic E-state index is 0.0249. The maximum atomic E-state index is 11.9. The molecule has 0 aromatic rings. The number of fused-ring (bicyclic) bond motifs is 1. The SMILES string of the molecule is COCCN1C(=O)C2CCCCC2C1=O. The number of carbonyl (C=O) groups is 2. The number of carbonyl (C=O) groups excluding carboxylic acids is 2. The third kappa shape index (κ3) is 1.78. The Bertz CT molecular complexity index is 253. The highest BCUT2D eigenvalue weighted by Gasteiger charge is 2.47. The number of nitrogens with zero attached hydrogens (tertiary/aromatic N) is 1. The Kier molecular flexibility index (Phi) is 3.05. The molecule has 1 heterocycles. The first-order valence-electron chi connectivity index (χ1n) is 5.60. The summed E-state index contributed by atoms with van der Waals surface area (Å²) >= 11 is 0.